The van der Waals surface area contributed by atoms with E-state index in [2.05, 4.69) is 14.7 Å². The Morgan fingerprint density at radius 3 is 2.94 bits per heavy atom. The van der Waals surface area contributed by atoms with E-state index in [0.717, 1.165) is 11.0 Å². The van der Waals surface area contributed by atoms with Crippen LogP contribution in [0.3, 0.4) is 0 Å². The first kappa shape index (κ1) is 11.8. The third-order valence-electron chi connectivity index (χ3n) is 2.55. The van der Waals surface area contributed by atoms with Crippen LogP contribution >= 0.6 is 11.5 Å². The molecule has 1 N–H and O–H groups in total. The van der Waals surface area contributed by atoms with Crippen molar-refractivity contribution in [2.24, 2.45) is 0 Å². The van der Waals surface area contributed by atoms with Crippen LogP contribution in [0.1, 0.15) is 24.6 Å². The van der Waals surface area contributed by atoms with E-state index in [1.807, 2.05) is 0 Å². The van der Waals surface area contributed by atoms with Crippen molar-refractivity contribution in [3.8, 4) is 0 Å². The Morgan fingerprint density at radius 2 is 2.31 bits per heavy atom. The summed E-state index contributed by atoms with van der Waals surface area (Å²) in [5, 5.41) is 4.10. The van der Waals surface area contributed by atoms with Crippen LogP contribution in [0.25, 0.3) is 0 Å². The summed E-state index contributed by atoms with van der Waals surface area (Å²) in [6.07, 6.45) is 2.53. The monoisotopic (exact) mass is 243 g/mol. The van der Waals surface area contributed by atoms with Crippen molar-refractivity contribution in [1.82, 2.24) is 9.36 Å². The van der Waals surface area contributed by atoms with Crippen LogP contribution in [0.4, 0.5) is 5.13 Å². The Balaban J connectivity index is 1.78. The molecular weight excluding hydrogens is 226 g/mol. The highest BCUT2D eigenvalue weighted by Crippen LogP contribution is 2.39. The van der Waals surface area contributed by atoms with Gasteiger partial charge in [0, 0.05) is 38.2 Å². The van der Waals surface area contributed by atoms with E-state index in [1.165, 1.54) is 24.4 Å². The van der Waals surface area contributed by atoms with Crippen molar-refractivity contribution in [3.63, 3.8) is 0 Å². The highest BCUT2D eigenvalue weighted by Gasteiger charge is 2.27. The van der Waals surface area contributed by atoms with E-state index in [9.17, 15) is 0 Å². The van der Waals surface area contributed by atoms with E-state index < -0.39 is 0 Å². The van der Waals surface area contributed by atoms with E-state index in [1.54, 1.807) is 14.2 Å². The summed E-state index contributed by atoms with van der Waals surface area (Å²) in [5.41, 5.74) is 0. The molecule has 16 heavy (non-hydrogen) atoms. The van der Waals surface area contributed by atoms with Gasteiger partial charge in [0.25, 0.3) is 0 Å². The Morgan fingerprint density at radius 1 is 1.50 bits per heavy atom. The SMILES string of the molecule is COCC(CNc1nc(C2CC2)ns1)OC. The fourth-order valence-corrected chi connectivity index (χ4v) is 2.06. The molecule has 0 bridgehead atoms. The lowest BCUT2D eigenvalue weighted by molar-refractivity contribution is 0.0365. The fourth-order valence-electron chi connectivity index (χ4n) is 1.41. The van der Waals surface area contributed by atoms with Gasteiger partial charge in [0.05, 0.1) is 12.7 Å². The third kappa shape index (κ3) is 3.13. The topological polar surface area (TPSA) is 56.3 Å². The molecule has 1 aromatic heterocycles. The molecule has 90 valence electrons. The van der Waals surface area contributed by atoms with Gasteiger partial charge in [0.2, 0.25) is 5.13 Å². The first-order valence-corrected chi connectivity index (χ1v) is 6.20. The van der Waals surface area contributed by atoms with Crippen molar-refractivity contribution < 1.29 is 9.47 Å². The van der Waals surface area contributed by atoms with Crippen LogP contribution in [-0.4, -0.2) is 42.8 Å². The highest BCUT2D eigenvalue weighted by atomic mass is 32.1. The van der Waals surface area contributed by atoms with Crippen LogP contribution in [0.5, 0.6) is 0 Å². The zero-order chi connectivity index (χ0) is 11.4. The van der Waals surface area contributed by atoms with Gasteiger partial charge < -0.3 is 14.8 Å². The molecule has 2 rings (SSSR count). The average molecular weight is 243 g/mol. The molecule has 0 aromatic carbocycles. The minimum absolute atomic E-state index is 0.0540. The summed E-state index contributed by atoms with van der Waals surface area (Å²) < 4.78 is 14.6. The van der Waals surface area contributed by atoms with Gasteiger partial charge in [-0.05, 0) is 12.8 Å². The molecule has 1 aliphatic carbocycles. The second kappa shape index (κ2) is 5.56. The van der Waals surface area contributed by atoms with E-state index in [4.69, 9.17) is 9.47 Å². The summed E-state index contributed by atoms with van der Waals surface area (Å²) in [6.45, 7) is 1.28. The number of rotatable bonds is 7. The lowest BCUT2D eigenvalue weighted by atomic mass is 10.4. The molecule has 6 heteroatoms. The second-order valence-electron chi connectivity index (χ2n) is 3.93. The van der Waals surface area contributed by atoms with Crippen molar-refractivity contribution in [1.29, 1.82) is 0 Å². The summed E-state index contributed by atoms with van der Waals surface area (Å²) in [5.74, 6) is 1.61. The lowest BCUT2D eigenvalue weighted by Crippen LogP contribution is -2.26. The predicted octanol–water partition coefficient (Wildman–Crippen LogP) is 1.49. The Labute approximate surface area is 99.3 Å². The van der Waals surface area contributed by atoms with Crippen molar-refractivity contribution in [3.05, 3.63) is 5.82 Å². The highest BCUT2D eigenvalue weighted by molar-refractivity contribution is 7.09. The van der Waals surface area contributed by atoms with Gasteiger partial charge >= 0.3 is 0 Å². The molecule has 1 heterocycles. The molecule has 1 saturated carbocycles. The van der Waals surface area contributed by atoms with Gasteiger partial charge in [-0.15, -0.1) is 0 Å². The number of nitrogens with zero attached hydrogens (tertiary/aromatic N) is 2. The van der Waals surface area contributed by atoms with Crippen molar-refractivity contribution in [2.45, 2.75) is 24.9 Å². The van der Waals surface area contributed by atoms with E-state index in [0.29, 0.717) is 19.1 Å². The average Bonchev–Trinajstić information content (AvgIpc) is 3.04. The number of ether oxygens (including phenoxy) is 2. The first-order valence-electron chi connectivity index (χ1n) is 5.42. The molecule has 0 radical (unpaired) electrons. The Bertz CT molecular complexity index is 328. The van der Waals surface area contributed by atoms with Crippen LogP contribution in [-0.2, 0) is 9.47 Å². The maximum Gasteiger partial charge on any atom is 0.202 e. The number of hydrogen-bond acceptors (Lipinski definition) is 6. The summed E-state index contributed by atoms with van der Waals surface area (Å²) in [6, 6.07) is 0. The first-order chi connectivity index (χ1) is 7.83. The molecule has 1 fully saturated rings. The minimum Gasteiger partial charge on any atom is -0.382 e. The quantitative estimate of drug-likeness (QED) is 0.786. The van der Waals surface area contributed by atoms with Gasteiger partial charge in [-0.1, -0.05) is 0 Å². The maximum absolute atomic E-state index is 5.25. The van der Waals surface area contributed by atoms with E-state index in [-0.39, 0.29) is 6.10 Å². The van der Waals surface area contributed by atoms with Crippen LogP contribution in [0.15, 0.2) is 0 Å². The van der Waals surface area contributed by atoms with Crippen LogP contribution in [0.2, 0.25) is 0 Å². The van der Waals surface area contributed by atoms with Crippen molar-refractivity contribution >= 4 is 16.7 Å². The summed E-state index contributed by atoms with van der Waals surface area (Å²) >= 11 is 1.42. The maximum atomic E-state index is 5.25. The Hall–Kier alpha value is -0.720. The molecule has 0 saturated heterocycles. The molecule has 1 atom stereocenters. The largest absolute Gasteiger partial charge is 0.382 e. The zero-order valence-electron chi connectivity index (χ0n) is 9.60. The van der Waals surface area contributed by atoms with Gasteiger partial charge in [-0.2, -0.15) is 4.37 Å². The molecule has 1 aromatic rings. The summed E-state index contributed by atoms with van der Waals surface area (Å²) in [4.78, 5) is 4.44. The minimum atomic E-state index is 0.0540. The Kier molecular flexibility index (Phi) is 4.09. The molecule has 5 nitrogen and oxygen atoms in total. The smallest absolute Gasteiger partial charge is 0.202 e. The van der Waals surface area contributed by atoms with Crippen molar-refractivity contribution in [2.75, 3.05) is 32.7 Å². The number of anilines is 1. The van der Waals surface area contributed by atoms with Crippen LogP contribution < -0.4 is 5.32 Å². The third-order valence-corrected chi connectivity index (χ3v) is 3.24. The van der Waals surface area contributed by atoms with Gasteiger partial charge in [0.1, 0.15) is 5.82 Å². The molecule has 1 unspecified atom stereocenters. The van der Waals surface area contributed by atoms with Crippen LogP contribution in [0, 0.1) is 0 Å². The zero-order valence-corrected chi connectivity index (χ0v) is 10.4. The number of nitrogens with one attached hydrogen (secondary N) is 1. The molecule has 0 spiro atoms. The fraction of sp³-hybridized carbons (Fsp3) is 0.800. The molecule has 1 aliphatic rings. The number of aromatic nitrogens is 2. The van der Waals surface area contributed by atoms with Gasteiger partial charge in [-0.3, -0.25) is 0 Å². The molecular formula is C10H17N3O2S. The van der Waals surface area contributed by atoms with Gasteiger partial charge in [-0.25, -0.2) is 4.98 Å². The second-order valence-corrected chi connectivity index (χ2v) is 4.68. The summed E-state index contributed by atoms with van der Waals surface area (Å²) in [7, 11) is 3.35. The predicted molar refractivity (Wildman–Crippen MR) is 63.0 cm³/mol. The molecule has 0 amide bonds. The molecule has 0 aliphatic heterocycles. The number of hydrogen-bond donors (Lipinski definition) is 1. The van der Waals surface area contributed by atoms with E-state index >= 15 is 0 Å². The van der Waals surface area contributed by atoms with Gasteiger partial charge in [0.15, 0.2) is 0 Å². The lowest BCUT2D eigenvalue weighted by Gasteiger charge is -2.13. The normalized spacial score (nSPS) is 17.4. The number of methoxy groups -OCH3 is 2. The standard InChI is InChI=1S/C10H17N3O2S/c1-14-6-8(15-2)5-11-10-12-9(13-16-10)7-3-4-7/h7-8H,3-6H2,1-2H3,(H,11,12,13).